The Morgan fingerprint density at radius 3 is 2.63 bits per heavy atom. The maximum Gasteiger partial charge on any atom is 0.333 e. The lowest BCUT2D eigenvalue weighted by Crippen LogP contribution is -2.39. The summed E-state index contributed by atoms with van der Waals surface area (Å²) in [5, 5.41) is 5.12. The molecule has 3 N–H and O–H groups in total. The molecule has 2 aromatic carbocycles. The van der Waals surface area contributed by atoms with Crippen LogP contribution in [0.15, 0.2) is 46.7 Å². The van der Waals surface area contributed by atoms with E-state index < -0.39 is 27.8 Å². The number of rotatable bonds is 6. The number of amides is 3. The van der Waals surface area contributed by atoms with E-state index in [2.05, 4.69) is 10.6 Å². The Kier molecular flexibility index (Phi) is 6.54. The maximum atomic E-state index is 14.2. The fourth-order valence-corrected chi connectivity index (χ4v) is 5.60. The molecule has 0 bridgehead atoms. The van der Waals surface area contributed by atoms with Crippen LogP contribution in [0.3, 0.4) is 0 Å². The van der Waals surface area contributed by atoms with Crippen LogP contribution in [0.5, 0.6) is 11.5 Å². The molecule has 0 fully saturated rings. The predicted octanol–water partition coefficient (Wildman–Crippen LogP) is 3.75. The van der Waals surface area contributed by atoms with Crippen molar-refractivity contribution in [2.24, 2.45) is 0 Å². The van der Waals surface area contributed by atoms with Gasteiger partial charge < -0.3 is 20.1 Å². The second kappa shape index (κ2) is 9.43. The molecule has 3 amide bonds. The molecule has 1 aliphatic rings. The third-order valence-electron chi connectivity index (χ3n) is 5.10. The summed E-state index contributed by atoms with van der Waals surface area (Å²) >= 11 is 1.04. The van der Waals surface area contributed by atoms with Crippen LogP contribution in [0.4, 0.5) is 26.2 Å². The summed E-state index contributed by atoms with van der Waals surface area (Å²) in [6.07, 6.45) is 0. The molecule has 0 saturated carbocycles. The Balaban J connectivity index is 1.53. The molecule has 0 atom stereocenters. The molecule has 0 radical (unpaired) electrons. The topological polar surface area (TPSA) is 126 Å². The molecule has 0 unspecified atom stereocenters. The number of halogens is 1. The summed E-state index contributed by atoms with van der Waals surface area (Å²) in [6, 6.07) is 8.97. The van der Waals surface area contributed by atoms with Crippen LogP contribution < -0.4 is 29.7 Å². The van der Waals surface area contributed by atoms with Gasteiger partial charge in [-0.3, -0.25) is 9.69 Å². The van der Waals surface area contributed by atoms with Gasteiger partial charge >= 0.3 is 6.03 Å². The van der Waals surface area contributed by atoms with Crippen LogP contribution in [0.1, 0.15) is 15.2 Å². The SMILES string of the molecule is CNc1cc2c(cc1F)C(=O)N(c1ccc(NC(=O)NS(=O)(=O)c3ccc(C)s3)cc1OC)CO2. The van der Waals surface area contributed by atoms with Crippen molar-refractivity contribution in [2.45, 2.75) is 11.1 Å². The van der Waals surface area contributed by atoms with Gasteiger partial charge in [0, 0.05) is 29.7 Å². The van der Waals surface area contributed by atoms with Gasteiger partial charge in [0.15, 0.2) is 6.73 Å². The lowest BCUT2D eigenvalue weighted by Gasteiger charge is -2.30. The number of carbonyl (C=O) groups is 2. The minimum atomic E-state index is -4.02. The fraction of sp³-hybridized carbons (Fsp3) is 0.182. The minimum Gasteiger partial charge on any atom is -0.494 e. The Labute approximate surface area is 204 Å². The smallest absolute Gasteiger partial charge is 0.333 e. The van der Waals surface area contributed by atoms with E-state index in [1.54, 1.807) is 20.0 Å². The first kappa shape index (κ1) is 24.3. The number of fused-ring (bicyclic) bond motifs is 1. The Morgan fingerprint density at radius 2 is 1.97 bits per heavy atom. The molecular formula is C22H21FN4O6S2. The van der Waals surface area contributed by atoms with Crippen molar-refractivity contribution in [2.75, 3.05) is 36.4 Å². The largest absolute Gasteiger partial charge is 0.494 e. The third-order valence-corrected chi connectivity index (χ3v) is 7.92. The number of aryl methyl sites for hydroxylation is 1. The number of anilines is 3. The molecule has 184 valence electrons. The number of benzene rings is 2. The number of thiophene rings is 1. The Bertz CT molecular complexity index is 1420. The lowest BCUT2D eigenvalue weighted by atomic mass is 10.1. The zero-order valence-electron chi connectivity index (χ0n) is 18.8. The van der Waals surface area contributed by atoms with E-state index in [9.17, 15) is 22.4 Å². The van der Waals surface area contributed by atoms with E-state index in [1.165, 1.54) is 42.3 Å². The number of nitrogens with zero attached hydrogens (tertiary/aromatic N) is 1. The average Bonchev–Trinajstić information content (AvgIpc) is 3.26. The summed E-state index contributed by atoms with van der Waals surface area (Å²) in [5.74, 6) is -0.655. The van der Waals surface area contributed by atoms with Crippen molar-refractivity contribution < 1.29 is 31.9 Å². The van der Waals surface area contributed by atoms with Gasteiger partial charge in [0.2, 0.25) is 0 Å². The Morgan fingerprint density at radius 1 is 1.20 bits per heavy atom. The highest BCUT2D eigenvalue weighted by atomic mass is 32.2. The van der Waals surface area contributed by atoms with Crippen LogP contribution >= 0.6 is 11.3 Å². The molecule has 10 nitrogen and oxygen atoms in total. The number of nitrogens with one attached hydrogen (secondary N) is 3. The van der Waals surface area contributed by atoms with E-state index in [0.717, 1.165) is 22.3 Å². The molecule has 3 aromatic rings. The molecule has 4 rings (SSSR count). The summed E-state index contributed by atoms with van der Waals surface area (Å²) in [5.41, 5.74) is 0.781. The van der Waals surface area contributed by atoms with Gasteiger partial charge in [-0.15, -0.1) is 11.3 Å². The summed E-state index contributed by atoms with van der Waals surface area (Å²) < 4.78 is 51.9. The number of ether oxygens (including phenoxy) is 2. The minimum absolute atomic E-state index is 0.0141. The van der Waals surface area contributed by atoms with Crippen molar-refractivity contribution in [1.29, 1.82) is 0 Å². The zero-order chi connectivity index (χ0) is 25.3. The average molecular weight is 521 g/mol. The fourth-order valence-electron chi connectivity index (χ4n) is 3.41. The molecule has 1 aromatic heterocycles. The molecule has 1 aliphatic heterocycles. The van der Waals surface area contributed by atoms with E-state index in [-0.39, 0.29) is 39.4 Å². The van der Waals surface area contributed by atoms with Crippen LogP contribution in [-0.4, -0.2) is 41.2 Å². The highest BCUT2D eigenvalue weighted by Crippen LogP contribution is 2.37. The highest BCUT2D eigenvalue weighted by Gasteiger charge is 2.30. The number of carbonyl (C=O) groups excluding carboxylic acids is 2. The van der Waals surface area contributed by atoms with Crippen LogP contribution in [-0.2, 0) is 10.0 Å². The predicted molar refractivity (Wildman–Crippen MR) is 130 cm³/mol. The van der Waals surface area contributed by atoms with Gasteiger partial charge in [0.25, 0.3) is 15.9 Å². The first-order valence-electron chi connectivity index (χ1n) is 10.2. The van der Waals surface area contributed by atoms with Crippen LogP contribution in [0, 0.1) is 12.7 Å². The molecular weight excluding hydrogens is 499 g/mol. The van der Waals surface area contributed by atoms with E-state index in [0.29, 0.717) is 5.69 Å². The number of hydrogen-bond acceptors (Lipinski definition) is 8. The second-order valence-corrected chi connectivity index (χ2v) is 10.6. The first-order chi connectivity index (χ1) is 16.6. The molecule has 35 heavy (non-hydrogen) atoms. The number of methoxy groups -OCH3 is 1. The van der Waals surface area contributed by atoms with Crippen LogP contribution in [0.25, 0.3) is 0 Å². The van der Waals surface area contributed by atoms with Crippen molar-refractivity contribution in [3.8, 4) is 11.5 Å². The number of sulfonamides is 1. The zero-order valence-corrected chi connectivity index (χ0v) is 20.5. The monoisotopic (exact) mass is 520 g/mol. The molecule has 2 heterocycles. The number of hydrogen-bond donors (Lipinski definition) is 3. The summed E-state index contributed by atoms with van der Waals surface area (Å²) in [4.78, 5) is 27.4. The van der Waals surface area contributed by atoms with Crippen molar-refractivity contribution >= 4 is 50.4 Å². The third kappa shape index (κ3) is 4.86. The second-order valence-electron chi connectivity index (χ2n) is 7.40. The van der Waals surface area contributed by atoms with Gasteiger partial charge in [-0.2, -0.15) is 0 Å². The maximum absolute atomic E-state index is 14.2. The van der Waals surface area contributed by atoms with Crippen molar-refractivity contribution in [3.05, 3.63) is 58.7 Å². The summed E-state index contributed by atoms with van der Waals surface area (Å²) in [7, 11) is -1.10. The molecule has 0 aliphatic carbocycles. The Hall–Kier alpha value is -3.84. The standard InChI is InChI=1S/C22H21FN4O6S2/c1-12-4-7-20(34-12)35(30,31)26-22(29)25-13-5-6-17(19(8-13)32-3)27-11-33-18-10-16(24-2)15(23)9-14(18)21(27)28/h4-10,24H,11H2,1-3H3,(H2,25,26,29). The van der Waals surface area contributed by atoms with Gasteiger partial charge in [-0.05, 0) is 37.3 Å². The number of urea groups is 1. The van der Waals surface area contributed by atoms with Gasteiger partial charge in [-0.1, -0.05) is 0 Å². The summed E-state index contributed by atoms with van der Waals surface area (Å²) in [6.45, 7) is 1.60. The van der Waals surface area contributed by atoms with E-state index in [1.807, 2.05) is 4.72 Å². The van der Waals surface area contributed by atoms with Gasteiger partial charge in [0.1, 0.15) is 21.5 Å². The quantitative estimate of drug-likeness (QED) is 0.452. The van der Waals surface area contributed by atoms with E-state index >= 15 is 0 Å². The first-order valence-corrected chi connectivity index (χ1v) is 12.5. The molecule has 0 saturated heterocycles. The van der Waals surface area contributed by atoms with Gasteiger partial charge in [0.05, 0.1) is 24.0 Å². The normalized spacial score (nSPS) is 13.0. The lowest BCUT2D eigenvalue weighted by molar-refractivity contribution is 0.0935. The molecule has 0 spiro atoms. The van der Waals surface area contributed by atoms with Crippen molar-refractivity contribution in [3.63, 3.8) is 0 Å². The highest BCUT2D eigenvalue weighted by molar-refractivity contribution is 7.92. The molecule has 13 heteroatoms. The van der Waals surface area contributed by atoms with Crippen molar-refractivity contribution in [1.82, 2.24) is 4.72 Å². The van der Waals surface area contributed by atoms with E-state index in [4.69, 9.17) is 9.47 Å². The van der Waals surface area contributed by atoms with Gasteiger partial charge in [-0.25, -0.2) is 22.3 Å². The van der Waals surface area contributed by atoms with Crippen LogP contribution in [0.2, 0.25) is 0 Å².